The maximum Gasteiger partial charge on any atom is 0.414 e. The number of nitrogens with one attached hydrogen (secondary N) is 1. The molecule has 144 valence electrons. The Labute approximate surface area is 160 Å². The van der Waals surface area contributed by atoms with E-state index in [-0.39, 0.29) is 18.9 Å². The van der Waals surface area contributed by atoms with Crippen LogP contribution in [0.4, 0.5) is 18.9 Å². The van der Waals surface area contributed by atoms with Gasteiger partial charge in [-0.1, -0.05) is 29.8 Å². The summed E-state index contributed by atoms with van der Waals surface area (Å²) in [7, 11) is 0. The minimum atomic E-state index is -4.41. The smallest absolute Gasteiger partial charge is 0.387 e. The number of alkyl halides is 3. The first-order valence-electron chi connectivity index (χ1n) is 8.09. The minimum Gasteiger partial charge on any atom is -0.387 e. The minimum absolute atomic E-state index is 0.0740. The Kier molecular flexibility index (Phi) is 6.98. The van der Waals surface area contributed by atoms with Gasteiger partial charge in [0.05, 0.1) is 23.8 Å². The number of amidine groups is 1. The molecular weight excluding hydrogens is 379 g/mol. The van der Waals surface area contributed by atoms with Gasteiger partial charge in [0.15, 0.2) is 6.10 Å². The largest absolute Gasteiger partial charge is 0.414 e. The quantitative estimate of drug-likeness (QED) is 0.494. The van der Waals surface area contributed by atoms with Crippen LogP contribution in [0.2, 0.25) is 5.02 Å². The lowest BCUT2D eigenvalue weighted by molar-refractivity contribution is -0.217. The molecule has 3 N–H and O–H groups in total. The molecule has 0 saturated heterocycles. The Balaban J connectivity index is 2.25. The predicted octanol–water partition coefficient (Wildman–Crippen LogP) is 5.25. The van der Waals surface area contributed by atoms with Gasteiger partial charge < -0.3 is 10.5 Å². The highest BCUT2D eigenvalue weighted by molar-refractivity contribution is 6.30. The maximum absolute atomic E-state index is 12.6. The number of halogens is 4. The molecule has 0 bridgehead atoms. The van der Waals surface area contributed by atoms with Crippen molar-refractivity contribution in [2.24, 2.45) is 10.7 Å². The molecule has 2 rings (SSSR count). The van der Waals surface area contributed by atoms with Gasteiger partial charge in [0, 0.05) is 11.4 Å². The molecule has 0 saturated carbocycles. The number of ether oxygens (including phenoxy) is 1. The number of nitrogens with two attached hydrogens (primary N) is 1. The van der Waals surface area contributed by atoms with Crippen LogP contribution in [-0.2, 0) is 11.3 Å². The summed E-state index contributed by atoms with van der Waals surface area (Å²) in [5, 5.41) is 8.13. The van der Waals surface area contributed by atoms with E-state index < -0.39 is 12.3 Å². The Morgan fingerprint density at radius 3 is 2.48 bits per heavy atom. The third kappa shape index (κ3) is 6.69. The number of rotatable bonds is 7. The van der Waals surface area contributed by atoms with Crippen LogP contribution in [0.25, 0.3) is 0 Å². The Morgan fingerprint density at radius 1 is 1.22 bits per heavy atom. The van der Waals surface area contributed by atoms with Crippen molar-refractivity contribution in [3.05, 3.63) is 64.7 Å². The molecule has 0 aliphatic rings. The van der Waals surface area contributed by atoms with Crippen LogP contribution < -0.4 is 5.73 Å². The second-order valence-corrected chi connectivity index (χ2v) is 6.37. The zero-order chi connectivity index (χ0) is 20.0. The molecule has 0 radical (unpaired) electrons. The van der Waals surface area contributed by atoms with Gasteiger partial charge >= 0.3 is 6.18 Å². The fourth-order valence-electron chi connectivity index (χ4n) is 2.21. The second kappa shape index (κ2) is 9.01. The summed E-state index contributed by atoms with van der Waals surface area (Å²) in [6, 6.07) is 13.6. The molecule has 0 fully saturated rings. The van der Waals surface area contributed by atoms with Crippen molar-refractivity contribution >= 4 is 28.8 Å². The van der Waals surface area contributed by atoms with E-state index in [9.17, 15) is 13.2 Å². The normalized spacial score (nSPS) is 13.4. The average Bonchev–Trinajstić information content (AvgIpc) is 2.60. The van der Waals surface area contributed by atoms with Gasteiger partial charge in [-0.05, 0) is 48.4 Å². The zero-order valence-electron chi connectivity index (χ0n) is 14.6. The molecule has 0 unspecified atom stereocenters. The number of hydrogen-bond donors (Lipinski definition) is 2. The number of hydrogen-bond acceptors (Lipinski definition) is 3. The third-order valence-corrected chi connectivity index (χ3v) is 3.92. The van der Waals surface area contributed by atoms with Crippen LogP contribution in [-0.4, -0.2) is 23.8 Å². The van der Waals surface area contributed by atoms with Crippen molar-refractivity contribution in [3.8, 4) is 0 Å². The van der Waals surface area contributed by atoms with Gasteiger partial charge in [0.25, 0.3) is 0 Å². The first-order valence-corrected chi connectivity index (χ1v) is 8.46. The lowest BCUT2D eigenvalue weighted by atomic mass is 10.0. The second-order valence-electron chi connectivity index (χ2n) is 5.93. The van der Waals surface area contributed by atoms with Crippen LogP contribution in [0, 0.1) is 5.41 Å². The highest BCUT2D eigenvalue weighted by atomic mass is 35.5. The van der Waals surface area contributed by atoms with Crippen molar-refractivity contribution in [3.63, 3.8) is 0 Å². The van der Waals surface area contributed by atoms with E-state index in [1.54, 1.807) is 48.5 Å². The first-order chi connectivity index (χ1) is 12.6. The first kappa shape index (κ1) is 20.9. The van der Waals surface area contributed by atoms with E-state index in [0.717, 1.165) is 6.92 Å². The molecule has 2 aromatic rings. The summed E-state index contributed by atoms with van der Waals surface area (Å²) in [5.41, 5.74) is 7.90. The molecule has 0 aliphatic heterocycles. The van der Waals surface area contributed by atoms with Gasteiger partial charge in [-0.15, -0.1) is 0 Å². The van der Waals surface area contributed by atoms with Crippen molar-refractivity contribution in [2.45, 2.75) is 32.2 Å². The van der Waals surface area contributed by atoms with Gasteiger partial charge in [-0.25, -0.2) is 0 Å². The van der Waals surface area contributed by atoms with Crippen LogP contribution in [0.3, 0.4) is 0 Å². The lowest BCUT2D eigenvalue weighted by Crippen LogP contribution is -2.28. The summed E-state index contributed by atoms with van der Waals surface area (Å²) in [5.74, 6) is -0.0740. The molecule has 2 aromatic carbocycles. The third-order valence-electron chi connectivity index (χ3n) is 3.67. The molecule has 0 heterocycles. The van der Waals surface area contributed by atoms with Crippen LogP contribution >= 0.6 is 11.6 Å². The predicted molar refractivity (Wildman–Crippen MR) is 101 cm³/mol. The van der Waals surface area contributed by atoms with E-state index in [2.05, 4.69) is 4.99 Å². The van der Waals surface area contributed by atoms with Gasteiger partial charge in [-0.2, -0.15) is 13.2 Å². The van der Waals surface area contributed by atoms with Crippen molar-refractivity contribution in [2.75, 3.05) is 0 Å². The zero-order valence-corrected chi connectivity index (χ0v) is 15.3. The van der Waals surface area contributed by atoms with E-state index in [0.29, 0.717) is 27.5 Å². The number of nitrogens with zero attached hydrogens (tertiary/aromatic N) is 1. The molecule has 0 spiro atoms. The van der Waals surface area contributed by atoms with Crippen molar-refractivity contribution in [1.29, 1.82) is 5.41 Å². The molecule has 8 heteroatoms. The van der Waals surface area contributed by atoms with E-state index in [1.807, 2.05) is 0 Å². The summed E-state index contributed by atoms with van der Waals surface area (Å²) in [4.78, 5) is 4.50. The topological polar surface area (TPSA) is 71.5 Å². The lowest BCUT2D eigenvalue weighted by Gasteiger charge is -2.16. The molecule has 0 aliphatic carbocycles. The maximum atomic E-state index is 12.6. The molecule has 4 nitrogen and oxygen atoms in total. The summed E-state index contributed by atoms with van der Waals surface area (Å²) >= 11 is 5.87. The Bertz CT molecular complexity index is 820. The fraction of sp³-hybridized carbons (Fsp3) is 0.263. The molecule has 0 amide bonds. The molecule has 1 atom stereocenters. The van der Waals surface area contributed by atoms with E-state index in [1.165, 1.54) is 0 Å². The van der Waals surface area contributed by atoms with Gasteiger partial charge in [0.2, 0.25) is 0 Å². The number of benzene rings is 2. The Morgan fingerprint density at radius 2 is 1.89 bits per heavy atom. The summed E-state index contributed by atoms with van der Waals surface area (Å²) in [6.45, 7) is 0.774. The molecular formula is C19H19ClF3N3O. The van der Waals surface area contributed by atoms with Crippen molar-refractivity contribution < 1.29 is 17.9 Å². The van der Waals surface area contributed by atoms with E-state index in [4.69, 9.17) is 27.5 Å². The number of aliphatic imine (C=N–C) groups is 1. The summed E-state index contributed by atoms with van der Waals surface area (Å²) in [6.07, 6.45) is -6.17. The SMILES string of the molecule is C[C@@H](OCc1cccc(C(CC(=N)N)=Nc2ccc(Cl)cc2)c1)C(F)(F)F. The highest BCUT2D eigenvalue weighted by Crippen LogP contribution is 2.24. The molecule has 27 heavy (non-hydrogen) atoms. The fourth-order valence-corrected chi connectivity index (χ4v) is 2.34. The monoisotopic (exact) mass is 397 g/mol. The Hall–Kier alpha value is -2.38. The average molecular weight is 398 g/mol. The summed E-state index contributed by atoms with van der Waals surface area (Å²) < 4.78 is 42.6. The van der Waals surface area contributed by atoms with Crippen LogP contribution in [0.1, 0.15) is 24.5 Å². The van der Waals surface area contributed by atoms with Crippen LogP contribution in [0.15, 0.2) is 53.5 Å². The van der Waals surface area contributed by atoms with Crippen LogP contribution in [0.5, 0.6) is 0 Å². The van der Waals surface area contributed by atoms with Gasteiger partial charge in [-0.3, -0.25) is 10.4 Å². The standard InChI is InChI=1S/C19H19ClF3N3O/c1-12(19(21,22)23)27-11-13-3-2-4-14(9-13)17(10-18(24)25)26-16-7-5-15(20)6-8-16/h2-9,12H,10-11H2,1H3,(H3,24,25)/t12-/m1/s1. The van der Waals surface area contributed by atoms with Gasteiger partial charge in [0.1, 0.15) is 0 Å². The molecule has 0 aromatic heterocycles. The van der Waals surface area contributed by atoms with E-state index >= 15 is 0 Å². The van der Waals surface area contributed by atoms with Crippen molar-refractivity contribution in [1.82, 2.24) is 0 Å². The highest BCUT2D eigenvalue weighted by Gasteiger charge is 2.36.